The number of esters is 1. The Kier molecular flexibility index (Phi) is 4.02. The van der Waals surface area contributed by atoms with E-state index in [4.69, 9.17) is 4.74 Å². The van der Waals surface area contributed by atoms with E-state index in [2.05, 4.69) is 29.6 Å². The van der Waals surface area contributed by atoms with E-state index in [9.17, 15) is 4.79 Å². The third-order valence-electron chi connectivity index (χ3n) is 4.05. The van der Waals surface area contributed by atoms with Crippen molar-refractivity contribution in [3.05, 3.63) is 70.8 Å². The van der Waals surface area contributed by atoms with Crippen LogP contribution in [0.25, 0.3) is 0 Å². The minimum atomic E-state index is -0.276. The first-order valence-corrected chi connectivity index (χ1v) is 7.24. The highest BCUT2D eigenvalue weighted by Crippen LogP contribution is 2.22. The lowest BCUT2D eigenvalue weighted by Gasteiger charge is -2.14. The number of fused-ring (bicyclic) bond motifs is 1. The molecule has 3 heteroatoms. The predicted octanol–water partition coefficient (Wildman–Crippen LogP) is 2.73. The van der Waals surface area contributed by atoms with Gasteiger partial charge >= 0.3 is 5.97 Å². The Bertz CT molecular complexity index is 626. The molecule has 0 atom stereocenters. The van der Waals surface area contributed by atoms with Crippen LogP contribution in [0.4, 0.5) is 0 Å². The molecule has 1 aliphatic rings. The summed E-state index contributed by atoms with van der Waals surface area (Å²) < 4.78 is 4.83. The van der Waals surface area contributed by atoms with Gasteiger partial charge in [0, 0.05) is 12.6 Å². The molecule has 0 aromatic heterocycles. The number of carbonyl (C=O) groups excluding carboxylic acids is 1. The van der Waals surface area contributed by atoms with Crippen molar-refractivity contribution in [2.45, 2.75) is 25.4 Å². The van der Waals surface area contributed by atoms with E-state index >= 15 is 0 Å². The second-order valence-electron chi connectivity index (χ2n) is 5.40. The molecule has 0 saturated heterocycles. The third kappa shape index (κ3) is 2.98. The summed E-state index contributed by atoms with van der Waals surface area (Å²) in [4.78, 5) is 11.8. The summed E-state index contributed by atoms with van der Waals surface area (Å²) >= 11 is 0. The van der Waals surface area contributed by atoms with E-state index in [-0.39, 0.29) is 5.97 Å². The molecule has 1 aliphatic carbocycles. The van der Waals surface area contributed by atoms with Gasteiger partial charge in [-0.25, -0.2) is 4.79 Å². The SMILES string of the molecule is COC(=O)c1ccccc1CNC1Cc2ccccc2C1. The zero-order chi connectivity index (χ0) is 14.7. The van der Waals surface area contributed by atoms with Crippen molar-refractivity contribution >= 4 is 5.97 Å². The van der Waals surface area contributed by atoms with Gasteiger partial charge in [-0.2, -0.15) is 0 Å². The topological polar surface area (TPSA) is 38.3 Å². The third-order valence-corrected chi connectivity index (χ3v) is 4.05. The molecule has 0 heterocycles. The van der Waals surface area contributed by atoms with Crippen molar-refractivity contribution in [1.82, 2.24) is 5.32 Å². The molecule has 3 nitrogen and oxygen atoms in total. The first kappa shape index (κ1) is 13.8. The lowest BCUT2D eigenvalue weighted by molar-refractivity contribution is 0.0599. The second kappa shape index (κ2) is 6.10. The summed E-state index contributed by atoms with van der Waals surface area (Å²) in [6, 6.07) is 16.6. The standard InChI is InChI=1S/C18H19NO2/c1-21-18(20)17-9-5-4-8-15(17)12-19-16-10-13-6-2-3-7-14(13)11-16/h2-9,16,19H,10-12H2,1H3. The smallest absolute Gasteiger partial charge is 0.338 e. The van der Waals surface area contributed by atoms with Crippen molar-refractivity contribution in [1.29, 1.82) is 0 Å². The maximum Gasteiger partial charge on any atom is 0.338 e. The molecule has 2 aromatic carbocycles. The quantitative estimate of drug-likeness (QED) is 0.876. The van der Waals surface area contributed by atoms with Crippen molar-refractivity contribution in [2.75, 3.05) is 7.11 Å². The number of carbonyl (C=O) groups is 1. The maximum absolute atomic E-state index is 11.8. The zero-order valence-corrected chi connectivity index (χ0v) is 12.1. The van der Waals surface area contributed by atoms with Crippen LogP contribution in [0.5, 0.6) is 0 Å². The van der Waals surface area contributed by atoms with E-state index in [1.807, 2.05) is 24.3 Å². The van der Waals surface area contributed by atoms with E-state index in [0.29, 0.717) is 18.2 Å². The minimum Gasteiger partial charge on any atom is -0.465 e. The van der Waals surface area contributed by atoms with Crippen LogP contribution in [0, 0.1) is 0 Å². The van der Waals surface area contributed by atoms with E-state index in [1.165, 1.54) is 18.2 Å². The van der Waals surface area contributed by atoms with Gasteiger partial charge in [-0.3, -0.25) is 0 Å². The maximum atomic E-state index is 11.8. The van der Waals surface area contributed by atoms with Gasteiger partial charge in [0.2, 0.25) is 0 Å². The summed E-state index contributed by atoms with van der Waals surface area (Å²) in [5.41, 5.74) is 4.48. The summed E-state index contributed by atoms with van der Waals surface area (Å²) in [6.07, 6.45) is 2.10. The Morgan fingerprint density at radius 2 is 1.71 bits per heavy atom. The van der Waals surface area contributed by atoms with E-state index < -0.39 is 0 Å². The molecule has 0 amide bonds. The number of hydrogen-bond donors (Lipinski definition) is 1. The molecule has 3 rings (SSSR count). The molecule has 0 aliphatic heterocycles. The Labute approximate surface area is 124 Å². The van der Waals surface area contributed by atoms with Gasteiger partial charge in [0.05, 0.1) is 12.7 Å². The largest absolute Gasteiger partial charge is 0.465 e. The highest BCUT2D eigenvalue weighted by atomic mass is 16.5. The highest BCUT2D eigenvalue weighted by Gasteiger charge is 2.21. The van der Waals surface area contributed by atoms with Gasteiger partial charge < -0.3 is 10.1 Å². The van der Waals surface area contributed by atoms with Crippen LogP contribution in [-0.2, 0) is 24.1 Å². The van der Waals surface area contributed by atoms with Gasteiger partial charge in [-0.1, -0.05) is 42.5 Å². The van der Waals surface area contributed by atoms with E-state index in [0.717, 1.165) is 18.4 Å². The summed E-state index contributed by atoms with van der Waals surface area (Å²) in [5.74, 6) is -0.276. The van der Waals surface area contributed by atoms with Gasteiger partial charge in [0.25, 0.3) is 0 Å². The average Bonchev–Trinajstić information content (AvgIpc) is 2.95. The molecule has 0 spiro atoms. The summed E-state index contributed by atoms with van der Waals surface area (Å²) in [5, 5.41) is 3.56. The number of rotatable bonds is 4. The number of nitrogens with one attached hydrogen (secondary N) is 1. The summed E-state index contributed by atoms with van der Waals surface area (Å²) in [7, 11) is 1.42. The van der Waals surface area contributed by atoms with Crippen LogP contribution in [0.3, 0.4) is 0 Å². The lowest BCUT2D eigenvalue weighted by atomic mass is 10.1. The monoisotopic (exact) mass is 281 g/mol. The normalized spacial score (nSPS) is 14.0. The van der Waals surface area contributed by atoms with Crippen molar-refractivity contribution < 1.29 is 9.53 Å². The molecular formula is C18H19NO2. The Morgan fingerprint density at radius 3 is 2.38 bits per heavy atom. The Balaban J connectivity index is 1.66. The molecule has 0 unspecified atom stereocenters. The van der Waals surface area contributed by atoms with Crippen LogP contribution in [0.15, 0.2) is 48.5 Å². The molecule has 0 radical (unpaired) electrons. The molecule has 21 heavy (non-hydrogen) atoms. The van der Waals surface area contributed by atoms with Crippen molar-refractivity contribution in [3.8, 4) is 0 Å². The van der Waals surface area contributed by atoms with Crippen molar-refractivity contribution in [2.24, 2.45) is 0 Å². The molecule has 108 valence electrons. The van der Waals surface area contributed by atoms with Crippen LogP contribution in [0.2, 0.25) is 0 Å². The first-order valence-electron chi connectivity index (χ1n) is 7.24. The van der Waals surface area contributed by atoms with Gasteiger partial charge in [-0.05, 0) is 35.6 Å². The fourth-order valence-electron chi connectivity index (χ4n) is 2.94. The lowest BCUT2D eigenvalue weighted by Crippen LogP contribution is -2.29. The summed E-state index contributed by atoms with van der Waals surface area (Å²) in [6.45, 7) is 0.684. The van der Waals surface area contributed by atoms with Crippen LogP contribution < -0.4 is 5.32 Å². The predicted molar refractivity (Wildman–Crippen MR) is 82.3 cm³/mol. The fraction of sp³-hybridized carbons (Fsp3) is 0.278. The van der Waals surface area contributed by atoms with Crippen LogP contribution in [0.1, 0.15) is 27.0 Å². The average molecular weight is 281 g/mol. The minimum absolute atomic E-state index is 0.276. The van der Waals surface area contributed by atoms with Crippen LogP contribution in [-0.4, -0.2) is 19.1 Å². The number of benzene rings is 2. The highest BCUT2D eigenvalue weighted by molar-refractivity contribution is 5.90. The molecular weight excluding hydrogens is 262 g/mol. The molecule has 0 saturated carbocycles. The number of hydrogen-bond acceptors (Lipinski definition) is 3. The number of ether oxygens (including phenoxy) is 1. The number of methoxy groups -OCH3 is 1. The van der Waals surface area contributed by atoms with Gasteiger partial charge in [0.15, 0.2) is 0 Å². The molecule has 2 aromatic rings. The fourth-order valence-corrected chi connectivity index (χ4v) is 2.94. The van der Waals surface area contributed by atoms with Gasteiger partial charge in [-0.15, -0.1) is 0 Å². The molecule has 1 N–H and O–H groups in total. The van der Waals surface area contributed by atoms with E-state index in [1.54, 1.807) is 0 Å². The first-order chi connectivity index (χ1) is 10.3. The molecule has 0 fully saturated rings. The van der Waals surface area contributed by atoms with Crippen LogP contribution >= 0.6 is 0 Å². The zero-order valence-electron chi connectivity index (χ0n) is 12.1. The van der Waals surface area contributed by atoms with Crippen molar-refractivity contribution in [3.63, 3.8) is 0 Å². The van der Waals surface area contributed by atoms with Gasteiger partial charge in [0.1, 0.15) is 0 Å². The second-order valence-corrected chi connectivity index (χ2v) is 5.40. The Hall–Kier alpha value is -2.13. The Morgan fingerprint density at radius 1 is 1.10 bits per heavy atom. The molecule has 0 bridgehead atoms.